The number of carbonyl (C=O) groups excluding carboxylic acids is 2. The molecule has 0 aliphatic heterocycles. The summed E-state index contributed by atoms with van der Waals surface area (Å²) in [5, 5.41) is 27.6. The molecule has 0 atom stereocenters. The Bertz CT molecular complexity index is 2020. The lowest BCUT2D eigenvalue weighted by Crippen LogP contribution is -2.25. The van der Waals surface area contributed by atoms with Gasteiger partial charge < -0.3 is 5.32 Å². The first-order chi connectivity index (χ1) is 21.8. The highest BCUT2D eigenvalue weighted by atomic mass is 35.5. The van der Waals surface area contributed by atoms with Crippen LogP contribution in [0, 0.1) is 18.3 Å². The van der Waals surface area contributed by atoms with E-state index in [-0.39, 0.29) is 47.0 Å². The second-order valence-corrected chi connectivity index (χ2v) is 11.2. The van der Waals surface area contributed by atoms with Gasteiger partial charge in [-0.15, -0.1) is 10.2 Å². The first-order valence-electron chi connectivity index (χ1n) is 13.3. The topological polar surface area (TPSA) is 131 Å². The van der Waals surface area contributed by atoms with Gasteiger partial charge in [-0.1, -0.05) is 53.0 Å². The Labute approximate surface area is 274 Å². The summed E-state index contributed by atoms with van der Waals surface area (Å²) in [4.78, 5) is 28.1. The Morgan fingerprint density at radius 2 is 1.76 bits per heavy atom. The Hall–Kier alpha value is -4.77. The average Bonchev–Trinajstić information content (AvgIpc) is 3.65. The standard InChI is InChI=1S/C30H20Cl3F3N8O2/c1-16-8-17(13-37)9-22(28(46)38-14-18-6-7-19(31)10-24(18)33)21(16)12-27(45)26-11-20(15-43-41-29(39-42-43)30(34,35)36)40-44(26)25-5-3-2-4-23(25)32/h2-11H,12,14-15H2,1H3,(H,38,46). The maximum Gasteiger partial charge on any atom is 0.455 e. The predicted molar refractivity (Wildman–Crippen MR) is 162 cm³/mol. The van der Waals surface area contributed by atoms with Crippen LogP contribution < -0.4 is 5.32 Å². The van der Waals surface area contributed by atoms with Crippen LogP contribution in [0.5, 0.6) is 0 Å². The molecule has 0 radical (unpaired) electrons. The van der Waals surface area contributed by atoms with Crippen molar-refractivity contribution in [3.05, 3.63) is 121 Å². The lowest BCUT2D eigenvalue weighted by Gasteiger charge is -2.15. The molecule has 0 unspecified atom stereocenters. The zero-order chi connectivity index (χ0) is 33.2. The third-order valence-corrected chi connectivity index (χ3v) is 7.68. The number of nitrogens with one attached hydrogen (secondary N) is 1. The summed E-state index contributed by atoms with van der Waals surface area (Å²) in [6, 6.07) is 17.7. The van der Waals surface area contributed by atoms with Crippen LogP contribution in [0.3, 0.4) is 0 Å². The molecule has 0 aliphatic carbocycles. The van der Waals surface area contributed by atoms with E-state index in [9.17, 15) is 28.0 Å². The molecule has 0 aliphatic rings. The molecule has 0 bridgehead atoms. The van der Waals surface area contributed by atoms with Gasteiger partial charge in [0.15, 0.2) is 5.78 Å². The highest BCUT2D eigenvalue weighted by Crippen LogP contribution is 2.27. The number of tetrazole rings is 1. The minimum absolute atomic E-state index is 0.0299. The van der Waals surface area contributed by atoms with Crippen molar-refractivity contribution < 1.29 is 22.8 Å². The van der Waals surface area contributed by atoms with Crippen molar-refractivity contribution in [2.24, 2.45) is 0 Å². The first kappa shape index (κ1) is 32.6. The fraction of sp³-hybridized carbons (Fsp3) is 0.167. The highest BCUT2D eigenvalue weighted by molar-refractivity contribution is 6.35. The van der Waals surface area contributed by atoms with Gasteiger partial charge in [0.25, 0.3) is 11.7 Å². The second-order valence-electron chi connectivity index (χ2n) is 9.97. The largest absolute Gasteiger partial charge is 0.455 e. The van der Waals surface area contributed by atoms with Gasteiger partial charge in [0.1, 0.15) is 12.2 Å². The van der Waals surface area contributed by atoms with Crippen LogP contribution in [0.2, 0.25) is 15.1 Å². The number of rotatable bonds is 9. The van der Waals surface area contributed by atoms with Crippen LogP contribution in [0.1, 0.15) is 54.6 Å². The minimum Gasteiger partial charge on any atom is -0.348 e. The molecule has 1 amide bonds. The predicted octanol–water partition coefficient (Wildman–Crippen LogP) is 6.42. The number of nitrogens with zero attached hydrogens (tertiary/aromatic N) is 7. The van der Waals surface area contributed by atoms with Gasteiger partial charge in [0, 0.05) is 28.6 Å². The van der Waals surface area contributed by atoms with E-state index in [1.165, 1.54) is 16.8 Å². The van der Waals surface area contributed by atoms with E-state index < -0.39 is 23.7 Å². The second kappa shape index (κ2) is 13.3. The smallest absolute Gasteiger partial charge is 0.348 e. The van der Waals surface area contributed by atoms with Crippen molar-refractivity contribution in [2.75, 3.05) is 0 Å². The number of carbonyl (C=O) groups is 2. The Kier molecular flexibility index (Phi) is 9.43. The number of aromatic nitrogens is 6. The van der Waals surface area contributed by atoms with Crippen molar-refractivity contribution in [1.29, 1.82) is 5.26 Å². The van der Waals surface area contributed by atoms with Crippen molar-refractivity contribution >= 4 is 46.5 Å². The third kappa shape index (κ3) is 7.20. The van der Waals surface area contributed by atoms with Crippen LogP contribution in [0.25, 0.3) is 5.69 Å². The highest BCUT2D eigenvalue weighted by Gasteiger charge is 2.37. The molecular weight excluding hydrogens is 668 g/mol. The van der Waals surface area contributed by atoms with Gasteiger partial charge in [-0.05, 0) is 71.3 Å². The van der Waals surface area contributed by atoms with E-state index in [4.69, 9.17) is 34.8 Å². The Balaban J connectivity index is 1.49. The molecule has 16 heteroatoms. The van der Waals surface area contributed by atoms with Crippen molar-refractivity contribution in [2.45, 2.75) is 32.6 Å². The molecule has 2 heterocycles. The molecule has 0 saturated heterocycles. The van der Waals surface area contributed by atoms with Gasteiger partial charge in [-0.2, -0.15) is 28.3 Å². The molecule has 0 saturated carbocycles. The number of hydrogen-bond acceptors (Lipinski definition) is 7. The van der Waals surface area contributed by atoms with Gasteiger partial charge in [0.2, 0.25) is 0 Å². The molecule has 0 fully saturated rings. The molecule has 10 nitrogen and oxygen atoms in total. The number of alkyl halides is 3. The molecule has 0 spiro atoms. The molecule has 3 aromatic carbocycles. The third-order valence-electron chi connectivity index (χ3n) is 6.77. The molecule has 234 valence electrons. The minimum atomic E-state index is -4.79. The number of Topliss-reactive ketones (excluding diaryl/α,β-unsaturated/α-hetero) is 1. The average molecular weight is 688 g/mol. The fourth-order valence-electron chi connectivity index (χ4n) is 4.59. The molecule has 5 aromatic rings. The zero-order valence-corrected chi connectivity index (χ0v) is 25.9. The van der Waals surface area contributed by atoms with Crippen LogP contribution in [0.4, 0.5) is 13.2 Å². The van der Waals surface area contributed by atoms with Crippen LogP contribution in [0.15, 0.2) is 60.7 Å². The Morgan fingerprint density at radius 3 is 2.43 bits per heavy atom. The van der Waals surface area contributed by atoms with Gasteiger partial charge in [-0.3, -0.25) is 9.59 Å². The quantitative estimate of drug-likeness (QED) is 0.177. The van der Waals surface area contributed by atoms with E-state index in [1.807, 2.05) is 6.07 Å². The lowest BCUT2D eigenvalue weighted by atomic mass is 9.93. The summed E-state index contributed by atoms with van der Waals surface area (Å²) in [5.74, 6) is -2.47. The van der Waals surface area contributed by atoms with E-state index in [1.54, 1.807) is 55.5 Å². The maximum absolute atomic E-state index is 13.9. The van der Waals surface area contributed by atoms with Crippen molar-refractivity contribution in [3.63, 3.8) is 0 Å². The summed E-state index contributed by atoms with van der Waals surface area (Å²) in [6.07, 6.45) is -5.09. The van der Waals surface area contributed by atoms with E-state index >= 15 is 0 Å². The van der Waals surface area contributed by atoms with Gasteiger partial charge in [-0.25, -0.2) is 4.68 Å². The van der Waals surface area contributed by atoms with Crippen molar-refractivity contribution in [1.82, 2.24) is 35.3 Å². The number of amides is 1. The SMILES string of the molecule is Cc1cc(C#N)cc(C(=O)NCc2ccc(Cl)cc2Cl)c1CC(=O)c1cc(Cn2nnc(C(F)(F)F)n2)nn1-c1ccccc1Cl. The first-order valence-corrected chi connectivity index (χ1v) is 14.4. The monoisotopic (exact) mass is 686 g/mol. The summed E-state index contributed by atoms with van der Waals surface area (Å²) < 4.78 is 40.3. The molecule has 46 heavy (non-hydrogen) atoms. The van der Waals surface area contributed by atoms with Crippen LogP contribution in [-0.4, -0.2) is 41.7 Å². The number of halogens is 6. The number of para-hydroxylation sites is 1. The number of ketones is 1. The van der Waals surface area contributed by atoms with Crippen LogP contribution in [-0.2, 0) is 25.7 Å². The zero-order valence-electron chi connectivity index (χ0n) is 23.6. The number of benzene rings is 3. The summed E-state index contributed by atoms with van der Waals surface area (Å²) in [7, 11) is 0. The number of hydrogen-bond donors (Lipinski definition) is 1. The van der Waals surface area contributed by atoms with Crippen molar-refractivity contribution in [3.8, 4) is 11.8 Å². The summed E-state index contributed by atoms with van der Waals surface area (Å²) in [6.45, 7) is 1.38. The normalized spacial score (nSPS) is 11.3. The number of aryl methyl sites for hydroxylation is 1. The summed E-state index contributed by atoms with van der Waals surface area (Å²) in [5.41, 5.74) is 2.28. The van der Waals surface area contributed by atoms with E-state index in [0.717, 1.165) is 0 Å². The number of nitriles is 1. The molecule has 5 rings (SSSR count). The molecular formula is C30H20Cl3F3N8O2. The van der Waals surface area contributed by atoms with E-state index in [2.05, 4.69) is 25.8 Å². The molecule has 1 N–H and O–H groups in total. The maximum atomic E-state index is 13.9. The molecule has 2 aromatic heterocycles. The fourth-order valence-corrected chi connectivity index (χ4v) is 5.28. The lowest BCUT2D eigenvalue weighted by molar-refractivity contribution is -0.145. The van der Waals surface area contributed by atoms with Gasteiger partial charge in [0.05, 0.1) is 28.0 Å². The van der Waals surface area contributed by atoms with E-state index in [0.29, 0.717) is 37.2 Å². The Morgan fingerprint density at radius 1 is 1.00 bits per heavy atom. The van der Waals surface area contributed by atoms with Crippen LogP contribution >= 0.6 is 34.8 Å². The van der Waals surface area contributed by atoms with Gasteiger partial charge >= 0.3 is 6.18 Å². The summed E-state index contributed by atoms with van der Waals surface area (Å²) >= 11 is 18.6.